The van der Waals surface area contributed by atoms with Gasteiger partial charge >= 0.3 is 6.18 Å². The fourth-order valence-electron chi connectivity index (χ4n) is 5.00. The molecule has 3 aromatic heterocycles. The molecule has 1 atom stereocenters. The minimum Gasteiger partial charge on any atom is -0.315 e. The summed E-state index contributed by atoms with van der Waals surface area (Å²) < 4.78 is 59.1. The van der Waals surface area contributed by atoms with Crippen LogP contribution in [0.25, 0.3) is 27.6 Å². The number of hydrogen-bond donors (Lipinski definition) is 1. The number of alkyl halides is 3. The summed E-state index contributed by atoms with van der Waals surface area (Å²) in [5.41, 5.74) is -0.00289. The second kappa shape index (κ2) is 9.70. The molecule has 39 heavy (non-hydrogen) atoms. The van der Waals surface area contributed by atoms with Gasteiger partial charge in [0, 0.05) is 30.4 Å². The highest BCUT2D eigenvalue weighted by Gasteiger charge is 2.37. The Bertz CT molecular complexity index is 1690. The highest BCUT2D eigenvalue weighted by Crippen LogP contribution is 2.39. The minimum absolute atomic E-state index is 0.158. The zero-order valence-electron chi connectivity index (χ0n) is 20.4. The van der Waals surface area contributed by atoms with Crippen molar-refractivity contribution in [2.24, 2.45) is 0 Å². The van der Waals surface area contributed by atoms with Gasteiger partial charge in [0.05, 0.1) is 22.9 Å². The molecule has 4 heterocycles. The van der Waals surface area contributed by atoms with Crippen molar-refractivity contribution in [2.45, 2.75) is 25.1 Å². The first-order valence-electron chi connectivity index (χ1n) is 12.3. The van der Waals surface area contributed by atoms with Crippen LogP contribution in [0.3, 0.4) is 0 Å². The van der Waals surface area contributed by atoms with Crippen LogP contribution < -0.4 is 10.2 Å². The maximum Gasteiger partial charge on any atom is 0.417 e. The van der Waals surface area contributed by atoms with Crippen molar-refractivity contribution in [1.29, 1.82) is 0 Å². The number of piperidine rings is 1. The zero-order valence-corrected chi connectivity index (χ0v) is 20.4. The summed E-state index contributed by atoms with van der Waals surface area (Å²) in [6.07, 6.45) is -0.561. The molecule has 12 heteroatoms. The number of nitrogens with zero attached hydrogens (tertiary/aromatic N) is 6. The summed E-state index contributed by atoms with van der Waals surface area (Å²) in [4.78, 5) is 23.6. The molecule has 0 aliphatic carbocycles. The van der Waals surface area contributed by atoms with E-state index in [1.54, 1.807) is 18.3 Å². The number of halogens is 4. The van der Waals surface area contributed by atoms with Crippen molar-refractivity contribution in [2.75, 3.05) is 18.0 Å². The molecule has 1 N–H and O–H groups in total. The van der Waals surface area contributed by atoms with E-state index in [2.05, 4.69) is 25.6 Å². The van der Waals surface area contributed by atoms with Crippen molar-refractivity contribution in [3.63, 3.8) is 0 Å². The molecule has 198 valence electrons. The van der Waals surface area contributed by atoms with E-state index in [1.165, 1.54) is 46.1 Å². The Morgan fingerprint density at radius 3 is 2.69 bits per heavy atom. The van der Waals surface area contributed by atoms with Gasteiger partial charge < -0.3 is 5.32 Å². The number of carbonyl (C=O) groups is 1. The molecular weight excluding hydrogens is 514 g/mol. The van der Waals surface area contributed by atoms with E-state index in [9.17, 15) is 18.0 Å². The molecule has 2 aromatic carbocycles. The van der Waals surface area contributed by atoms with Crippen LogP contribution in [0.15, 0.2) is 67.0 Å². The third-order valence-electron chi connectivity index (χ3n) is 6.80. The Kier molecular flexibility index (Phi) is 6.18. The van der Waals surface area contributed by atoms with Crippen molar-refractivity contribution in [3.8, 4) is 5.69 Å². The van der Waals surface area contributed by atoms with E-state index < -0.39 is 29.5 Å². The molecule has 1 amide bonds. The average molecular weight is 536 g/mol. The first kappa shape index (κ1) is 24.9. The Morgan fingerprint density at radius 2 is 1.92 bits per heavy atom. The molecule has 0 saturated carbocycles. The number of nitrogens with one attached hydrogen (secondary N) is 1. The van der Waals surface area contributed by atoms with E-state index >= 15 is 4.39 Å². The fourth-order valence-corrected chi connectivity index (χ4v) is 5.00. The summed E-state index contributed by atoms with van der Waals surface area (Å²) in [5.74, 6) is -1.80. The summed E-state index contributed by atoms with van der Waals surface area (Å²) in [7, 11) is 0. The van der Waals surface area contributed by atoms with Gasteiger partial charge in [-0.05, 0) is 61.2 Å². The number of benzene rings is 2. The zero-order chi connectivity index (χ0) is 27.1. The Balaban J connectivity index is 1.48. The van der Waals surface area contributed by atoms with Crippen molar-refractivity contribution >= 4 is 33.7 Å². The standard InChI is InChI=1S/C27H21F4N7O/c28-21-14-17(38-24-22(35-36-38)7-3-12-33-24)8-9-19(21)26(39)37(18-5-2-11-32-15-18)25-23-16(10-13-34-25)4-1-6-20(23)27(29,30)31/h1,3-4,6-10,12-14,18,32H,2,5,11,15H2/t18-/m1/s1. The molecule has 0 spiro atoms. The maximum atomic E-state index is 15.6. The topological polar surface area (TPSA) is 88.8 Å². The molecule has 5 aromatic rings. The lowest BCUT2D eigenvalue weighted by Gasteiger charge is -2.35. The first-order valence-corrected chi connectivity index (χ1v) is 12.3. The van der Waals surface area contributed by atoms with Crippen LogP contribution in [0.1, 0.15) is 28.8 Å². The third-order valence-corrected chi connectivity index (χ3v) is 6.80. The van der Waals surface area contributed by atoms with E-state index in [1.807, 2.05) is 0 Å². The molecule has 0 unspecified atom stereocenters. The Morgan fingerprint density at radius 1 is 1.05 bits per heavy atom. The number of fused-ring (bicyclic) bond motifs is 2. The van der Waals surface area contributed by atoms with Crippen molar-refractivity contribution < 1.29 is 22.4 Å². The lowest BCUT2D eigenvalue weighted by molar-refractivity contribution is -0.136. The quantitative estimate of drug-likeness (QED) is 0.329. The molecule has 6 rings (SSSR count). The summed E-state index contributed by atoms with van der Waals surface area (Å²) in [5, 5.41) is 11.3. The van der Waals surface area contributed by atoms with Crippen LogP contribution in [0.4, 0.5) is 23.4 Å². The normalized spacial score (nSPS) is 16.1. The monoisotopic (exact) mass is 535 g/mol. The number of aromatic nitrogens is 5. The molecule has 0 bridgehead atoms. The number of hydrogen-bond acceptors (Lipinski definition) is 6. The summed E-state index contributed by atoms with van der Waals surface area (Å²) in [6.45, 7) is 1.03. The van der Waals surface area contributed by atoms with Crippen LogP contribution >= 0.6 is 0 Å². The second-order valence-electron chi connectivity index (χ2n) is 9.22. The predicted octanol–water partition coefficient (Wildman–Crippen LogP) is 4.92. The molecule has 1 saturated heterocycles. The molecule has 1 fully saturated rings. The van der Waals surface area contributed by atoms with Gasteiger partial charge in [0.2, 0.25) is 0 Å². The van der Waals surface area contributed by atoms with Crippen molar-refractivity contribution in [1.82, 2.24) is 30.3 Å². The van der Waals surface area contributed by atoms with Crippen LogP contribution in [-0.4, -0.2) is 50.0 Å². The van der Waals surface area contributed by atoms with Crippen molar-refractivity contribution in [3.05, 3.63) is 83.9 Å². The first-order chi connectivity index (χ1) is 18.8. The maximum absolute atomic E-state index is 15.6. The van der Waals surface area contributed by atoms with Gasteiger partial charge in [0.25, 0.3) is 5.91 Å². The highest BCUT2D eigenvalue weighted by atomic mass is 19.4. The number of anilines is 1. The third kappa shape index (κ3) is 4.46. The molecule has 0 radical (unpaired) electrons. The van der Waals surface area contributed by atoms with Crippen LogP contribution in [0.2, 0.25) is 0 Å². The van der Waals surface area contributed by atoms with E-state index in [-0.39, 0.29) is 22.2 Å². The van der Waals surface area contributed by atoms with Crippen LogP contribution in [-0.2, 0) is 6.18 Å². The number of rotatable bonds is 4. The van der Waals surface area contributed by atoms with Gasteiger partial charge in [-0.3, -0.25) is 9.69 Å². The largest absolute Gasteiger partial charge is 0.417 e. The molecule has 1 aliphatic rings. The van der Waals surface area contributed by atoms with E-state index in [0.717, 1.165) is 12.1 Å². The lowest BCUT2D eigenvalue weighted by atomic mass is 10.0. The SMILES string of the molecule is O=C(c1ccc(-n2nnc3cccnc32)cc1F)N(c1nccc2cccc(C(F)(F)F)c12)[C@@H]1CCCNC1. The van der Waals surface area contributed by atoms with E-state index in [0.29, 0.717) is 42.8 Å². The predicted molar refractivity (Wildman–Crippen MR) is 136 cm³/mol. The van der Waals surface area contributed by atoms with Gasteiger partial charge in [-0.1, -0.05) is 17.3 Å². The molecular formula is C27H21F4N7O. The van der Waals surface area contributed by atoms with Gasteiger partial charge in [0.15, 0.2) is 5.65 Å². The second-order valence-corrected chi connectivity index (χ2v) is 9.22. The molecule has 1 aliphatic heterocycles. The number of amides is 1. The van der Waals surface area contributed by atoms with Crippen LogP contribution in [0.5, 0.6) is 0 Å². The van der Waals surface area contributed by atoms with Crippen LogP contribution in [0, 0.1) is 5.82 Å². The van der Waals surface area contributed by atoms with Gasteiger partial charge in [-0.25, -0.2) is 14.4 Å². The number of pyridine rings is 2. The minimum atomic E-state index is -4.68. The number of carbonyl (C=O) groups excluding carboxylic acids is 1. The average Bonchev–Trinajstić information content (AvgIpc) is 3.37. The summed E-state index contributed by atoms with van der Waals surface area (Å²) in [6, 6.07) is 12.1. The smallest absolute Gasteiger partial charge is 0.315 e. The summed E-state index contributed by atoms with van der Waals surface area (Å²) >= 11 is 0. The van der Waals surface area contributed by atoms with Gasteiger partial charge in [-0.15, -0.1) is 5.10 Å². The van der Waals surface area contributed by atoms with E-state index in [4.69, 9.17) is 0 Å². The molecule has 8 nitrogen and oxygen atoms in total. The van der Waals surface area contributed by atoms with Gasteiger partial charge in [-0.2, -0.15) is 17.9 Å². The van der Waals surface area contributed by atoms with Gasteiger partial charge in [0.1, 0.15) is 17.2 Å². The Labute approximate surface area is 219 Å². The Hall–Kier alpha value is -4.45. The highest BCUT2D eigenvalue weighted by molar-refractivity contribution is 6.11. The fraction of sp³-hybridized carbons (Fsp3) is 0.222. The lowest BCUT2D eigenvalue weighted by Crippen LogP contribution is -2.49.